The zero-order chi connectivity index (χ0) is 20.3. The number of methoxy groups -OCH3 is 1. The molecule has 0 aromatic heterocycles. The Morgan fingerprint density at radius 3 is 2.57 bits per heavy atom. The summed E-state index contributed by atoms with van der Waals surface area (Å²) in [6.07, 6.45) is 0. The van der Waals surface area contributed by atoms with Crippen molar-refractivity contribution >= 4 is 11.8 Å². The van der Waals surface area contributed by atoms with Gasteiger partial charge < -0.3 is 15.0 Å². The molecule has 2 amide bonds. The standard InChI is InChI=1S/C22H25FN2O3/c1-14(2)24-21(26)20-13-25(12-19(20)15-6-4-8-17(23)10-15)22(27)16-7-5-9-18(11-16)28-3/h4-11,14,19-20H,12-13H2,1-3H3,(H,24,26)/t19-,20+/m1/s1. The van der Waals surface area contributed by atoms with Crippen LogP contribution in [-0.2, 0) is 4.79 Å². The lowest BCUT2D eigenvalue weighted by Gasteiger charge is -2.19. The molecule has 0 radical (unpaired) electrons. The van der Waals surface area contributed by atoms with Gasteiger partial charge in [0.2, 0.25) is 5.91 Å². The monoisotopic (exact) mass is 384 g/mol. The van der Waals surface area contributed by atoms with E-state index in [2.05, 4.69) is 5.32 Å². The maximum absolute atomic E-state index is 13.8. The minimum absolute atomic E-state index is 0.0104. The molecule has 5 nitrogen and oxygen atoms in total. The van der Waals surface area contributed by atoms with Crippen LogP contribution in [0.25, 0.3) is 0 Å². The zero-order valence-corrected chi connectivity index (χ0v) is 16.3. The van der Waals surface area contributed by atoms with Crippen LogP contribution >= 0.6 is 0 Å². The summed E-state index contributed by atoms with van der Waals surface area (Å²) < 4.78 is 19.0. The van der Waals surface area contributed by atoms with E-state index in [1.54, 1.807) is 42.3 Å². The van der Waals surface area contributed by atoms with Crippen molar-refractivity contribution in [2.75, 3.05) is 20.2 Å². The second kappa shape index (κ2) is 8.42. The average Bonchev–Trinajstić information content (AvgIpc) is 3.12. The van der Waals surface area contributed by atoms with Crippen LogP contribution in [0.15, 0.2) is 48.5 Å². The predicted molar refractivity (Wildman–Crippen MR) is 105 cm³/mol. The molecule has 148 valence electrons. The van der Waals surface area contributed by atoms with Crippen LogP contribution in [0.3, 0.4) is 0 Å². The summed E-state index contributed by atoms with van der Waals surface area (Å²) in [7, 11) is 1.55. The normalized spacial score (nSPS) is 19.0. The van der Waals surface area contributed by atoms with Gasteiger partial charge in [0.15, 0.2) is 0 Å². The lowest BCUT2D eigenvalue weighted by atomic mass is 9.88. The summed E-state index contributed by atoms with van der Waals surface area (Å²) in [6, 6.07) is 13.2. The Labute approximate surface area is 164 Å². The van der Waals surface area contributed by atoms with Crippen LogP contribution in [0, 0.1) is 11.7 Å². The first-order chi connectivity index (χ1) is 13.4. The number of amides is 2. The number of carbonyl (C=O) groups is 2. The van der Waals surface area contributed by atoms with E-state index in [1.807, 2.05) is 19.9 Å². The first-order valence-electron chi connectivity index (χ1n) is 9.38. The highest BCUT2D eigenvalue weighted by atomic mass is 19.1. The molecule has 28 heavy (non-hydrogen) atoms. The Kier molecular flexibility index (Phi) is 5.97. The first-order valence-corrected chi connectivity index (χ1v) is 9.38. The second-order valence-corrected chi connectivity index (χ2v) is 7.37. The van der Waals surface area contributed by atoms with Crippen LogP contribution in [0.4, 0.5) is 4.39 Å². The zero-order valence-electron chi connectivity index (χ0n) is 16.3. The number of rotatable bonds is 5. The van der Waals surface area contributed by atoms with E-state index in [0.29, 0.717) is 17.9 Å². The fourth-order valence-corrected chi connectivity index (χ4v) is 3.64. The lowest BCUT2D eigenvalue weighted by molar-refractivity contribution is -0.125. The number of hydrogen-bond donors (Lipinski definition) is 1. The van der Waals surface area contributed by atoms with E-state index >= 15 is 0 Å². The summed E-state index contributed by atoms with van der Waals surface area (Å²) in [4.78, 5) is 27.4. The molecule has 2 aromatic rings. The molecule has 1 aliphatic rings. The molecule has 0 unspecified atom stereocenters. The summed E-state index contributed by atoms with van der Waals surface area (Å²) in [5.41, 5.74) is 1.23. The molecule has 0 bridgehead atoms. The number of likely N-dealkylation sites (tertiary alicyclic amines) is 1. The molecule has 1 aliphatic heterocycles. The predicted octanol–water partition coefficient (Wildman–Crippen LogP) is 3.21. The van der Waals surface area contributed by atoms with Crippen molar-refractivity contribution < 1.29 is 18.7 Å². The lowest BCUT2D eigenvalue weighted by Crippen LogP contribution is -2.39. The fourth-order valence-electron chi connectivity index (χ4n) is 3.64. The molecular weight excluding hydrogens is 359 g/mol. The van der Waals surface area contributed by atoms with E-state index in [4.69, 9.17) is 4.74 Å². The number of carbonyl (C=O) groups excluding carboxylic acids is 2. The third-order valence-corrected chi connectivity index (χ3v) is 4.97. The summed E-state index contributed by atoms with van der Waals surface area (Å²) in [6.45, 7) is 4.43. The Morgan fingerprint density at radius 1 is 1.14 bits per heavy atom. The van der Waals surface area contributed by atoms with Gasteiger partial charge in [0.05, 0.1) is 13.0 Å². The molecule has 1 fully saturated rings. The highest BCUT2D eigenvalue weighted by Gasteiger charge is 2.40. The van der Waals surface area contributed by atoms with Gasteiger partial charge in [0, 0.05) is 30.6 Å². The van der Waals surface area contributed by atoms with Gasteiger partial charge in [-0.15, -0.1) is 0 Å². The number of nitrogens with one attached hydrogen (secondary N) is 1. The molecule has 3 rings (SSSR count). The summed E-state index contributed by atoms with van der Waals surface area (Å²) >= 11 is 0. The molecule has 1 N–H and O–H groups in total. The van der Waals surface area contributed by atoms with E-state index in [0.717, 1.165) is 5.56 Å². The Hall–Kier alpha value is -2.89. The molecule has 2 atom stereocenters. The maximum Gasteiger partial charge on any atom is 0.254 e. The van der Waals surface area contributed by atoms with Crippen molar-refractivity contribution in [1.29, 1.82) is 0 Å². The minimum atomic E-state index is -0.432. The van der Waals surface area contributed by atoms with Gasteiger partial charge in [-0.05, 0) is 49.7 Å². The molecule has 1 saturated heterocycles. The van der Waals surface area contributed by atoms with Crippen molar-refractivity contribution in [3.8, 4) is 5.75 Å². The van der Waals surface area contributed by atoms with Gasteiger partial charge in [-0.2, -0.15) is 0 Å². The first kappa shape index (κ1) is 19.9. The minimum Gasteiger partial charge on any atom is -0.497 e. The molecular formula is C22H25FN2O3. The number of nitrogens with zero attached hydrogens (tertiary/aromatic N) is 1. The molecule has 6 heteroatoms. The quantitative estimate of drug-likeness (QED) is 0.861. The Balaban J connectivity index is 1.88. The van der Waals surface area contributed by atoms with E-state index in [9.17, 15) is 14.0 Å². The number of hydrogen-bond acceptors (Lipinski definition) is 3. The van der Waals surface area contributed by atoms with Gasteiger partial charge >= 0.3 is 0 Å². The van der Waals surface area contributed by atoms with Crippen LogP contribution in [0.2, 0.25) is 0 Å². The Bertz CT molecular complexity index is 868. The third kappa shape index (κ3) is 4.32. The average molecular weight is 384 g/mol. The molecule has 0 aliphatic carbocycles. The third-order valence-electron chi connectivity index (χ3n) is 4.97. The topological polar surface area (TPSA) is 58.6 Å². The smallest absolute Gasteiger partial charge is 0.254 e. The summed E-state index contributed by atoms with van der Waals surface area (Å²) in [5.74, 6) is -0.730. The van der Waals surface area contributed by atoms with Crippen molar-refractivity contribution in [3.63, 3.8) is 0 Å². The number of halogens is 1. The van der Waals surface area contributed by atoms with Gasteiger partial charge in [-0.3, -0.25) is 9.59 Å². The largest absolute Gasteiger partial charge is 0.497 e. The van der Waals surface area contributed by atoms with Crippen molar-refractivity contribution in [2.24, 2.45) is 5.92 Å². The maximum atomic E-state index is 13.8. The highest BCUT2D eigenvalue weighted by Crippen LogP contribution is 2.34. The second-order valence-electron chi connectivity index (χ2n) is 7.37. The van der Waals surface area contributed by atoms with Gasteiger partial charge in [0.1, 0.15) is 11.6 Å². The van der Waals surface area contributed by atoms with Crippen molar-refractivity contribution in [3.05, 3.63) is 65.5 Å². The fraction of sp³-hybridized carbons (Fsp3) is 0.364. The van der Waals surface area contributed by atoms with E-state index < -0.39 is 5.92 Å². The van der Waals surface area contributed by atoms with Gasteiger partial charge in [0.25, 0.3) is 5.91 Å². The van der Waals surface area contributed by atoms with Gasteiger partial charge in [-0.1, -0.05) is 18.2 Å². The Morgan fingerprint density at radius 2 is 1.89 bits per heavy atom. The summed E-state index contributed by atoms with van der Waals surface area (Å²) in [5, 5.41) is 2.93. The van der Waals surface area contributed by atoms with Crippen LogP contribution in [0.1, 0.15) is 35.7 Å². The highest BCUT2D eigenvalue weighted by molar-refractivity contribution is 5.95. The SMILES string of the molecule is COc1cccc(C(=O)N2C[C@H](C(=O)NC(C)C)[C@@H](c3cccc(F)c3)C2)c1. The van der Waals surface area contributed by atoms with Crippen molar-refractivity contribution in [1.82, 2.24) is 10.2 Å². The van der Waals surface area contributed by atoms with E-state index in [1.165, 1.54) is 12.1 Å². The van der Waals surface area contributed by atoms with Crippen LogP contribution in [-0.4, -0.2) is 43.0 Å². The van der Waals surface area contributed by atoms with Crippen LogP contribution < -0.4 is 10.1 Å². The van der Waals surface area contributed by atoms with E-state index in [-0.39, 0.29) is 36.1 Å². The number of ether oxygens (including phenoxy) is 1. The van der Waals surface area contributed by atoms with Crippen LogP contribution in [0.5, 0.6) is 5.75 Å². The number of benzene rings is 2. The molecule has 1 heterocycles. The van der Waals surface area contributed by atoms with Gasteiger partial charge in [-0.25, -0.2) is 4.39 Å². The van der Waals surface area contributed by atoms with Crippen molar-refractivity contribution in [2.45, 2.75) is 25.8 Å². The molecule has 0 spiro atoms. The molecule has 2 aromatic carbocycles. The molecule has 0 saturated carbocycles.